The number of halogens is 1. The number of piperidine rings is 1. The number of likely N-dealkylation sites (tertiary alicyclic amines) is 1. The fraction of sp³-hybridized carbons (Fsp3) is 0.750. The van der Waals surface area contributed by atoms with E-state index in [1.165, 1.54) is 12.8 Å². The zero-order chi connectivity index (χ0) is 12.4. The number of hydrogen-bond donors (Lipinski definition) is 1. The van der Waals surface area contributed by atoms with Gasteiger partial charge in [-0.25, -0.2) is 4.98 Å². The Bertz CT molecular complexity index is 377. The molecule has 2 rings (SSSR count). The smallest absolute Gasteiger partial charge is 0.128 e. The van der Waals surface area contributed by atoms with E-state index in [-0.39, 0.29) is 0 Å². The van der Waals surface area contributed by atoms with Crippen LogP contribution in [0.5, 0.6) is 0 Å². The normalized spacial score (nSPS) is 26.4. The van der Waals surface area contributed by atoms with E-state index in [4.69, 9.17) is 17.3 Å². The fourth-order valence-corrected chi connectivity index (χ4v) is 2.65. The van der Waals surface area contributed by atoms with Crippen LogP contribution in [0.1, 0.15) is 25.6 Å². The van der Waals surface area contributed by atoms with Crippen LogP contribution in [0, 0.1) is 5.92 Å². The molecule has 5 heteroatoms. The lowest BCUT2D eigenvalue weighted by molar-refractivity contribution is 0.111. The molecule has 1 aromatic rings. The van der Waals surface area contributed by atoms with Crippen LogP contribution in [0.4, 0.5) is 0 Å². The molecule has 0 aromatic carbocycles. The summed E-state index contributed by atoms with van der Waals surface area (Å²) in [5.41, 5.74) is 5.86. The summed E-state index contributed by atoms with van der Waals surface area (Å²) in [5, 5.41) is 0.690. The predicted molar refractivity (Wildman–Crippen MR) is 69.9 cm³/mol. The van der Waals surface area contributed by atoms with E-state index >= 15 is 0 Å². The average Bonchev–Trinajstić information content (AvgIpc) is 2.63. The van der Waals surface area contributed by atoms with Crippen LogP contribution >= 0.6 is 11.6 Å². The minimum atomic E-state index is 0.481. The van der Waals surface area contributed by atoms with E-state index < -0.39 is 0 Å². The molecule has 0 aliphatic carbocycles. The third-order valence-electron chi connectivity index (χ3n) is 3.74. The zero-order valence-corrected chi connectivity index (χ0v) is 11.3. The molecule has 1 fully saturated rings. The van der Waals surface area contributed by atoms with Crippen LogP contribution in [0.2, 0.25) is 5.15 Å². The van der Waals surface area contributed by atoms with Gasteiger partial charge in [0.1, 0.15) is 11.0 Å². The summed E-state index contributed by atoms with van der Waals surface area (Å²) in [6.07, 6.45) is 4.14. The SMILES string of the molecule is CC1CCN(Cc2ncc(Cl)n2C)C(CN)C1. The van der Waals surface area contributed by atoms with Gasteiger partial charge in [0.25, 0.3) is 0 Å². The molecule has 1 aliphatic heterocycles. The summed E-state index contributed by atoms with van der Waals surface area (Å²) < 4.78 is 1.94. The first-order valence-electron chi connectivity index (χ1n) is 6.22. The van der Waals surface area contributed by atoms with Crippen molar-refractivity contribution in [3.63, 3.8) is 0 Å². The Hall–Kier alpha value is -0.580. The Morgan fingerprint density at radius 2 is 2.35 bits per heavy atom. The van der Waals surface area contributed by atoms with Gasteiger partial charge in [-0.3, -0.25) is 4.90 Å². The maximum Gasteiger partial charge on any atom is 0.128 e. The molecule has 2 atom stereocenters. The summed E-state index contributed by atoms with van der Waals surface area (Å²) in [4.78, 5) is 6.77. The summed E-state index contributed by atoms with van der Waals surface area (Å²) in [6.45, 7) is 4.98. The van der Waals surface area contributed by atoms with Gasteiger partial charge in [0, 0.05) is 19.6 Å². The number of aromatic nitrogens is 2. The standard InChI is InChI=1S/C12H21ClN4/c1-9-3-4-17(10(5-9)6-14)8-12-15-7-11(13)16(12)2/h7,9-10H,3-6,8,14H2,1-2H3. The van der Waals surface area contributed by atoms with Crippen molar-refractivity contribution >= 4 is 11.6 Å². The van der Waals surface area contributed by atoms with Crippen molar-refractivity contribution in [3.8, 4) is 0 Å². The van der Waals surface area contributed by atoms with E-state index in [2.05, 4.69) is 16.8 Å². The maximum atomic E-state index is 6.00. The molecule has 1 aliphatic rings. The number of imidazole rings is 1. The molecule has 4 nitrogen and oxygen atoms in total. The largest absolute Gasteiger partial charge is 0.329 e. The van der Waals surface area contributed by atoms with Gasteiger partial charge >= 0.3 is 0 Å². The van der Waals surface area contributed by atoms with Crippen molar-refractivity contribution in [1.29, 1.82) is 0 Å². The van der Waals surface area contributed by atoms with Gasteiger partial charge in [-0.2, -0.15) is 0 Å². The fourth-order valence-electron chi connectivity index (χ4n) is 2.51. The number of nitrogens with two attached hydrogens (primary N) is 1. The van der Waals surface area contributed by atoms with Gasteiger partial charge in [-0.1, -0.05) is 18.5 Å². The van der Waals surface area contributed by atoms with Gasteiger partial charge in [-0.05, 0) is 25.3 Å². The van der Waals surface area contributed by atoms with Crippen LogP contribution in [0.25, 0.3) is 0 Å². The molecule has 0 saturated carbocycles. The van der Waals surface area contributed by atoms with Crippen LogP contribution in [-0.2, 0) is 13.6 Å². The molecule has 2 unspecified atom stereocenters. The minimum absolute atomic E-state index is 0.481. The highest BCUT2D eigenvalue weighted by atomic mass is 35.5. The van der Waals surface area contributed by atoms with Crippen LogP contribution in [0.15, 0.2) is 6.20 Å². The third-order valence-corrected chi connectivity index (χ3v) is 4.10. The second kappa shape index (κ2) is 5.38. The van der Waals surface area contributed by atoms with Crippen molar-refractivity contribution in [3.05, 3.63) is 17.2 Å². The van der Waals surface area contributed by atoms with Gasteiger partial charge < -0.3 is 10.3 Å². The molecule has 2 heterocycles. The number of rotatable bonds is 3. The van der Waals surface area contributed by atoms with Crippen molar-refractivity contribution in [2.45, 2.75) is 32.4 Å². The maximum absolute atomic E-state index is 6.00. The lowest BCUT2D eigenvalue weighted by Gasteiger charge is -2.37. The Kier molecular flexibility index (Phi) is 4.07. The topological polar surface area (TPSA) is 47.1 Å². The van der Waals surface area contributed by atoms with Crippen molar-refractivity contribution in [2.24, 2.45) is 18.7 Å². The molecule has 2 N–H and O–H groups in total. The monoisotopic (exact) mass is 256 g/mol. The highest BCUT2D eigenvalue weighted by Crippen LogP contribution is 2.23. The van der Waals surface area contributed by atoms with E-state index in [0.29, 0.717) is 11.2 Å². The van der Waals surface area contributed by atoms with Gasteiger partial charge in [0.05, 0.1) is 12.7 Å². The molecule has 0 amide bonds. The molecule has 1 aromatic heterocycles. The second-order valence-corrected chi connectivity index (χ2v) is 5.43. The molecule has 0 radical (unpaired) electrons. The molecular formula is C12H21ClN4. The van der Waals surface area contributed by atoms with Crippen molar-refractivity contribution < 1.29 is 0 Å². The summed E-state index contributed by atoms with van der Waals surface area (Å²) in [7, 11) is 1.95. The van der Waals surface area contributed by atoms with Crippen LogP contribution < -0.4 is 5.73 Å². The van der Waals surface area contributed by atoms with Crippen LogP contribution in [0.3, 0.4) is 0 Å². The van der Waals surface area contributed by atoms with Gasteiger partial charge in [0.2, 0.25) is 0 Å². The van der Waals surface area contributed by atoms with E-state index in [1.807, 2.05) is 11.6 Å². The molecule has 1 saturated heterocycles. The molecule has 0 bridgehead atoms. The number of hydrogen-bond acceptors (Lipinski definition) is 3. The first-order valence-corrected chi connectivity index (χ1v) is 6.59. The summed E-state index contributed by atoms with van der Waals surface area (Å²) in [5.74, 6) is 1.80. The molecular weight excluding hydrogens is 236 g/mol. The second-order valence-electron chi connectivity index (χ2n) is 5.05. The lowest BCUT2D eigenvalue weighted by atomic mass is 9.92. The van der Waals surface area contributed by atoms with Gasteiger partial charge in [-0.15, -0.1) is 0 Å². The van der Waals surface area contributed by atoms with Crippen LogP contribution in [-0.4, -0.2) is 33.6 Å². The minimum Gasteiger partial charge on any atom is -0.329 e. The van der Waals surface area contributed by atoms with Crippen molar-refractivity contribution in [2.75, 3.05) is 13.1 Å². The zero-order valence-electron chi connectivity index (χ0n) is 10.6. The quantitative estimate of drug-likeness (QED) is 0.894. The van der Waals surface area contributed by atoms with E-state index in [9.17, 15) is 0 Å². The first-order chi connectivity index (χ1) is 8.11. The Morgan fingerprint density at radius 3 is 2.94 bits per heavy atom. The Labute approximate surface area is 108 Å². The van der Waals surface area contributed by atoms with E-state index in [0.717, 1.165) is 31.4 Å². The Balaban J connectivity index is 2.04. The van der Waals surface area contributed by atoms with Gasteiger partial charge in [0.15, 0.2) is 0 Å². The molecule has 0 spiro atoms. The van der Waals surface area contributed by atoms with E-state index in [1.54, 1.807) is 6.20 Å². The molecule has 96 valence electrons. The highest BCUT2D eigenvalue weighted by Gasteiger charge is 2.26. The summed E-state index contributed by atoms with van der Waals surface area (Å²) >= 11 is 6.00. The first kappa shape index (κ1) is 12.9. The number of nitrogens with zero attached hydrogens (tertiary/aromatic N) is 3. The Morgan fingerprint density at radius 1 is 1.59 bits per heavy atom. The third kappa shape index (κ3) is 2.81. The van der Waals surface area contributed by atoms with Crippen molar-refractivity contribution in [1.82, 2.24) is 14.5 Å². The highest BCUT2D eigenvalue weighted by molar-refractivity contribution is 6.29. The summed E-state index contributed by atoms with van der Waals surface area (Å²) in [6, 6.07) is 0.481. The molecule has 17 heavy (non-hydrogen) atoms. The lowest BCUT2D eigenvalue weighted by Crippen LogP contribution is -2.46. The average molecular weight is 257 g/mol. The predicted octanol–water partition coefficient (Wildman–Crippen LogP) is 1.63.